The molecule has 1 aromatic carbocycles. The molecule has 5 N–H and O–H groups in total. The highest BCUT2D eigenvalue weighted by molar-refractivity contribution is 6.36. The van der Waals surface area contributed by atoms with Gasteiger partial charge >= 0.3 is 0 Å². The van der Waals surface area contributed by atoms with Crippen LogP contribution in [-0.2, 0) is 5.60 Å². The van der Waals surface area contributed by atoms with E-state index in [4.69, 9.17) is 13.6 Å². The van der Waals surface area contributed by atoms with Gasteiger partial charge in [0, 0.05) is 17.8 Å². The number of hydrogen-bond acceptors (Lipinski definition) is 6. The van der Waals surface area contributed by atoms with Crippen molar-refractivity contribution in [1.29, 1.82) is 0 Å². The molecule has 2 fully saturated rings. The molecule has 3 aromatic rings. The van der Waals surface area contributed by atoms with Crippen LogP contribution in [0, 0.1) is 17.6 Å². The Morgan fingerprint density at radius 2 is 1.90 bits per heavy atom. The van der Waals surface area contributed by atoms with E-state index in [0.717, 1.165) is 24.5 Å². The Balaban J connectivity index is 1.43. The highest BCUT2D eigenvalue weighted by Crippen LogP contribution is 2.40. The van der Waals surface area contributed by atoms with Gasteiger partial charge in [0.1, 0.15) is 30.9 Å². The molecule has 0 bridgehead atoms. The summed E-state index contributed by atoms with van der Waals surface area (Å²) in [4.78, 5) is 21.5. The molecular weight excluding hydrogens is 501 g/mol. The Kier molecular flexibility index (Phi) is 7.54. The van der Waals surface area contributed by atoms with Gasteiger partial charge < -0.3 is 21.3 Å². The summed E-state index contributed by atoms with van der Waals surface area (Å²) in [6, 6.07) is 6.28. The van der Waals surface area contributed by atoms with Crippen molar-refractivity contribution in [3.05, 3.63) is 71.2 Å². The normalized spacial score (nSPS) is 24.5. The zero-order chi connectivity index (χ0) is 27.9. The topological polar surface area (TPSA) is 121 Å². The van der Waals surface area contributed by atoms with Crippen LogP contribution in [0.2, 0.25) is 0 Å². The first kappa shape index (κ1) is 27.4. The lowest BCUT2D eigenvalue weighted by atomic mass is 9.74. The molecule has 10 heteroatoms. The van der Waals surface area contributed by atoms with Gasteiger partial charge in [0.05, 0.1) is 23.6 Å². The molecule has 4 unspecified atom stereocenters. The Morgan fingerprint density at radius 1 is 1.15 bits per heavy atom. The Morgan fingerprint density at radius 3 is 2.59 bits per heavy atom. The van der Waals surface area contributed by atoms with Crippen molar-refractivity contribution in [2.45, 2.75) is 69.1 Å². The predicted octanol–water partition coefficient (Wildman–Crippen LogP) is 3.43. The number of carbonyl (C=O) groups is 1. The number of rotatable bonds is 5. The average Bonchev–Trinajstić information content (AvgIpc) is 3.35. The molecule has 1 amide bonds. The molecule has 5 rings (SSSR count). The molecule has 0 aliphatic heterocycles. The van der Waals surface area contributed by atoms with Crippen molar-refractivity contribution in [3.63, 3.8) is 0 Å². The molecule has 2 saturated carbocycles. The predicted molar refractivity (Wildman–Crippen MR) is 145 cm³/mol. The fourth-order valence-corrected chi connectivity index (χ4v) is 6.02. The standard InChI is InChI=1S/C29H31BF2N4O3/c1-15-10-16(11-22(33)27(15)37)18-6-9-34-14-24(18)36-28(38)23-5-4-20(31)26(35-23)25-19(30)12-17(13-21(25)32)29(39)7-2-3-8-29/h4-6,9,12-16,22,27,37,39H,2-3,7-8,10-11,33H2,1H3,(H,36,38). The maximum absolute atomic E-state index is 15.3. The van der Waals surface area contributed by atoms with Crippen LogP contribution in [0.5, 0.6) is 0 Å². The molecule has 0 spiro atoms. The summed E-state index contributed by atoms with van der Waals surface area (Å²) in [5.41, 5.74) is 5.74. The molecule has 2 radical (unpaired) electrons. The number of amides is 1. The van der Waals surface area contributed by atoms with Crippen molar-refractivity contribution in [1.82, 2.24) is 9.97 Å². The third kappa shape index (κ3) is 5.33. The first-order valence-electron chi connectivity index (χ1n) is 13.2. The van der Waals surface area contributed by atoms with Crippen LogP contribution in [0.3, 0.4) is 0 Å². The lowest BCUT2D eigenvalue weighted by Gasteiger charge is -2.36. The minimum absolute atomic E-state index is 0.00414. The van der Waals surface area contributed by atoms with Crippen LogP contribution in [0.1, 0.15) is 73.0 Å². The highest BCUT2D eigenvalue weighted by atomic mass is 19.1. The number of halogens is 2. The lowest BCUT2D eigenvalue weighted by Crippen LogP contribution is -2.44. The van der Waals surface area contributed by atoms with Gasteiger partial charge in [0.15, 0.2) is 0 Å². The monoisotopic (exact) mass is 532 g/mol. The van der Waals surface area contributed by atoms with E-state index in [9.17, 15) is 19.4 Å². The number of aliphatic hydroxyl groups is 2. The van der Waals surface area contributed by atoms with Crippen molar-refractivity contribution < 1.29 is 23.8 Å². The van der Waals surface area contributed by atoms with Crippen LogP contribution in [0.4, 0.5) is 14.5 Å². The SMILES string of the molecule is [B]c1cc(C2(O)CCCC2)cc(F)c1-c1nc(C(=O)Nc2cnccc2C2CC(C)C(O)C(N)C2)ccc1F. The largest absolute Gasteiger partial charge is 0.391 e. The van der Waals surface area contributed by atoms with Crippen LogP contribution in [-0.4, -0.2) is 46.1 Å². The number of nitrogens with two attached hydrogens (primary N) is 1. The molecule has 2 heterocycles. The van der Waals surface area contributed by atoms with Gasteiger partial charge in [-0.1, -0.05) is 31.3 Å². The molecule has 0 saturated heterocycles. The van der Waals surface area contributed by atoms with E-state index in [1.165, 1.54) is 24.4 Å². The maximum atomic E-state index is 15.3. The number of hydrogen-bond donors (Lipinski definition) is 4. The minimum atomic E-state index is -1.17. The summed E-state index contributed by atoms with van der Waals surface area (Å²) >= 11 is 0. The van der Waals surface area contributed by atoms with Gasteiger partial charge in [-0.2, -0.15) is 0 Å². The maximum Gasteiger partial charge on any atom is 0.274 e. The van der Waals surface area contributed by atoms with Crippen LogP contribution >= 0.6 is 0 Å². The van der Waals surface area contributed by atoms with E-state index in [2.05, 4.69) is 15.3 Å². The number of carbonyl (C=O) groups excluding carboxylic acids is 1. The summed E-state index contributed by atoms with van der Waals surface area (Å²) < 4.78 is 30.2. The van der Waals surface area contributed by atoms with E-state index < -0.39 is 41.0 Å². The second kappa shape index (κ2) is 10.8. The quantitative estimate of drug-likeness (QED) is 0.374. The zero-order valence-corrected chi connectivity index (χ0v) is 21.7. The van der Waals surface area contributed by atoms with Crippen LogP contribution in [0.15, 0.2) is 42.7 Å². The fraction of sp³-hybridized carbons (Fsp3) is 0.414. The Hall–Kier alpha value is -3.21. The number of aromatic nitrogens is 2. The van der Waals surface area contributed by atoms with Gasteiger partial charge in [0.25, 0.3) is 5.91 Å². The molecule has 202 valence electrons. The van der Waals surface area contributed by atoms with E-state index in [-0.39, 0.29) is 28.6 Å². The van der Waals surface area contributed by atoms with E-state index in [0.29, 0.717) is 36.9 Å². The van der Waals surface area contributed by atoms with Gasteiger partial charge in [0.2, 0.25) is 0 Å². The summed E-state index contributed by atoms with van der Waals surface area (Å²) in [7, 11) is 6.14. The average molecular weight is 532 g/mol. The number of nitrogens with zero attached hydrogens (tertiary/aromatic N) is 2. The number of aliphatic hydroxyl groups excluding tert-OH is 1. The molecule has 39 heavy (non-hydrogen) atoms. The molecule has 7 nitrogen and oxygen atoms in total. The third-order valence-corrected chi connectivity index (χ3v) is 8.18. The minimum Gasteiger partial charge on any atom is -0.391 e. The van der Waals surface area contributed by atoms with Crippen LogP contribution < -0.4 is 16.5 Å². The van der Waals surface area contributed by atoms with Gasteiger partial charge in [-0.25, -0.2) is 13.8 Å². The number of anilines is 1. The number of pyridine rings is 2. The summed E-state index contributed by atoms with van der Waals surface area (Å²) in [5, 5.41) is 23.9. The second-order valence-corrected chi connectivity index (χ2v) is 10.9. The number of nitrogens with one attached hydrogen (secondary N) is 1. The second-order valence-electron chi connectivity index (χ2n) is 10.9. The molecule has 2 aromatic heterocycles. The van der Waals surface area contributed by atoms with Gasteiger partial charge in [-0.15, -0.1) is 0 Å². The van der Waals surface area contributed by atoms with Crippen LogP contribution in [0.25, 0.3) is 11.3 Å². The Labute approximate surface area is 227 Å². The molecule has 4 atom stereocenters. The van der Waals surface area contributed by atoms with Crippen molar-refractivity contribution in [2.75, 3.05) is 5.32 Å². The zero-order valence-electron chi connectivity index (χ0n) is 21.7. The third-order valence-electron chi connectivity index (χ3n) is 8.18. The summed E-state index contributed by atoms with van der Waals surface area (Å²) in [6.07, 6.45) is 6.41. The first-order valence-corrected chi connectivity index (χ1v) is 13.2. The van der Waals surface area contributed by atoms with E-state index in [1.807, 2.05) is 6.92 Å². The van der Waals surface area contributed by atoms with Crippen molar-refractivity contribution >= 4 is 24.9 Å². The summed E-state index contributed by atoms with van der Waals surface area (Å²) in [5.74, 6) is -2.31. The van der Waals surface area contributed by atoms with Gasteiger partial charge in [-0.3, -0.25) is 9.78 Å². The summed E-state index contributed by atoms with van der Waals surface area (Å²) in [6.45, 7) is 1.94. The molecule has 2 aliphatic rings. The smallest absolute Gasteiger partial charge is 0.274 e. The van der Waals surface area contributed by atoms with Crippen molar-refractivity contribution in [3.8, 4) is 11.3 Å². The fourth-order valence-electron chi connectivity index (χ4n) is 6.02. The van der Waals surface area contributed by atoms with Crippen molar-refractivity contribution in [2.24, 2.45) is 11.7 Å². The van der Waals surface area contributed by atoms with E-state index >= 15 is 4.39 Å². The van der Waals surface area contributed by atoms with Gasteiger partial charge in [-0.05, 0) is 72.9 Å². The lowest BCUT2D eigenvalue weighted by molar-refractivity contribution is 0.0442. The molecular formula is C29H31BF2N4O3. The Bertz CT molecular complexity index is 1360. The molecule has 2 aliphatic carbocycles. The van der Waals surface area contributed by atoms with E-state index in [1.54, 1.807) is 12.3 Å². The number of benzene rings is 1. The first-order chi connectivity index (χ1) is 18.6. The highest BCUT2D eigenvalue weighted by Gasteiger charge is 2.35.